The van der Waals surface area contributed by atoms with Crippen LogP contribution < -0.4 is 10.6 Å². The number of anilines is 1. The molecule has 128 valence electrons. The second-order valence-electron chi connectivity index (χ2n) is 4.66. The molecule has 0 fully saturated rings. The molecule has 24 heavy (non-hydrogen) atoms. The number of hydrogen-bond donors (Lipinski definition) is 2. The molecule has 0 bridgehead atoms. The molecule has 0 aliphatic rings. The average Bonchev–Trinajstić information content (AvgIpc) is 3.06. The summed E-state index contributed by atoms with van der Waals surface area (Å²) in [5.74, 6) is -0.239. The Morgan fingerprint density at radius 2 is 1.92 bits per heavy atom. The normalized spacial score (nSPS) is 10.4. The quantitative estimate of drug-likeness (QED) is 0.683. The highest BCUT2D eigenvalue weighted by Gasteiger charge is 2.10. The summed E-state index contributed by atoms with van der Waals surface area (Å²) in [6.45, 7) is 1.98. The van der Waals surface area contributed by atoms with Crippen LogP contribution in [0.4, 0.5) is 5.69 Å². The lowest BCUT2D eigenvalue weighted by Gasteiger charge is -2.10. The van der Waals surface area contributed by atoms with Gasteiger partial charge >= 0.3 is 0 Å². The van der Waals surface area contributed by atoms with Gasteiger partial charge in [0.2, 0.25) is 11.8 Å². The van der Waals surface area contributed by atoms with Crippen LogP contribution in [0, 0.1) is 0 Å². The van der Waals surface area contributed by atoms with Crippen LogP contribution in [0.25, 0.3) is 0 Å². The number of rotatable bonds is 8. The Kier molecular flexibility index (Phi) is 7.54. The van der Waals surface area contributed by atoms with Crippen LogP contribution in [0.3, 0.4) is 0 Å². The summed E-state index contributed by atoms with van der Waals surface area (Å²) in [5.41, 5.74) is 1.85. The molecule has 0 saturated carbocycles. The molecule has 0 aliphatic heterocycles. The molecule has 0 atom stereocenters. The number of carbonyl (C=O) groups excluding carboxylic acids is 2. The third-order valence-electron chi connectivity index (χ3n) is 3.01. The average molecular weight is 383 g/mol. The summed E-state index contributed by atoms with van der Waals surface area (Å²) in [5, 5.41) is 13.4. The SMILES string of the molecule is CCc1ccccc1NC(=O)CNC(=O)CSc1nnc(SC)s1. The van der Waals surface area contributed by atoms with E-state index in [2.05, 4.69) is 20.8 Å². The topological polar surface area (TPSA) is 84.0 Å². The standard InChI is InChI=1S/C15H18N4O2S3/c1-3-10-6-4-5-7-11(10)17-12(20)8-16-13(21)9-23-15-19-18-14(22-2)24-15/h4-7H,3,8-9H2,1-2H3,(H,16,21)(H,17,20). The fourth-order valence-corrected chi connectivity index (χ4v) is 4.11. The van der Waals surface area contributed by atoms with E-state index in [-0.39, 0.29) is 24.1 Å². The number of aryl methyl sites for hydroxylation is 1. The third kappa shape index (κ3) is 5.81. The number of aromatic nitrogens is 2. The zero-order chi connectivity index (χ0) is 17.4. The van der Waals surface area contributed by atoms with Gasteiger partial charge in [-0.15, -0.1) is 10.2 Å². The van der Waals surface area contributed by atoms with Crippen molar-refractivity contribution >= 4 is 52.4 Å². The number of thioether (sulfide) groups is 2. The molecule has 2 N–H and O–H groups in total. The molecule has 1 aromatic carbocycles. The van der Waals surface area contributed by atoms with E-state index in [1.807, 2.05) is 37.4 Å². The molecule has 1 aromatic heterocycles. The molecule has 2 amide bonds. The van der Waals surface area contributed by atoms with Crippen molar-refractivity contribution in [2.24, 2.45) is 0 Å². The van der Waals surface area contributed by atoms with Crippen LogP contribution in [0.2, 0.25) is 0 Å². The van der Waals surface area contributed by atoms with Crippen molar-refractivity contribution in [2.45, 2.75) is 22.0 Å². The minimum Gasteiger partial charge on any atom is -0.346 e. The summed E-state index contributed by atoms with van der Waals surface area (Å²) in [7, 11) is 0. The second-order valence-corrected chi connectivity index (χ2v) is 7.92. The lowest BCUT2D eigenvalue weighted by molar-refractivity contribution is -0.122. The Morgan fingerprint density at radius 3 is 2.62 bits per heavy atom. The zero-order valence-electron chi connectivity index (χ0n) is 13.4. The highest BCUT2D eigenvalue weighted by molar-refractivity contribution is 8.03. The molecule has 9 heteroatoms. The number of nitrogens with one attached hydrogen (secondary N) is 2. The van der Waals surface area contributed by atoms with Crippen molar-refractivity contribution in [1.82, 2.24) is 15.5 Å². The number of nitrogens with zero attached hydrogens (tertiary/aromatic N) is 2. The molecule has 2 rings (SSSR count). The maximum atomic E-state index is 11.9. The molecule has 6 nitrogen and oxygen atoms in total. The smallest absolute Gasteiger partial charge is 0.243 e. The molecule has 0 saturated heterocycles. The molecule has 0 spiro atoms. The summed E-state index contributed by atoms with van der Waals surface area (Å²) >= 11 is 4.28. The first-order chi connectivity index (χ1) is 11.6. The van der Waals surface area contributed by atoms with Crippen LogP contribution >= 0.6 is 34.9 Å². The Hall–Kier alpha value is -1.58. The van der Waals surface area contributed by atoms with Crippen LogP contribution in [-0.2, 0) is 16.0 Å². The van der Waals surface area contributed by atoms with E-state index < -0.39 is 0 Å². The Labute approximate surface area is 153 Å². The number of para-hydroxylation sites is 1. The van der Waals surface area contributed by atoms with Crippen molar-refractivity contribution in [1.29, 1.82) is 0 Å². The monoisotopic (exact) mass is 382 g/mol. The molecular weight excluding hydrogens is 364 g/mol. The molecule has 0 radical (unpaired) electrons. The maximum Gasteiger partial charge on any atom is 0.243 e. The highest BCUT2D eigenvalue weighted by atomic mass is 32.2. The predicted octanol–water partition coefficient (Wildman–Crippen LogP) is 2.67. The molecule has 0 unspecified atom stereocenters. The summed E-state index contributed by atoms with van der Waals surface area (Å²) in [6.07, 6.45) is 2.76. The maximum absolute atomic E-state index is 11.9. The van der Waals surface area contributed by atoms with E-state index in [9.17, 15) is 9.59 Å². The summed E-state index contributed by atoms with van der Waals surface area (Å²) in [6, 6.07) is 7.63. The first-order valence-corrected chi connectivity index (χ1v) is 10.3. The van der Waals surface area contributed by atoms with Gasteiger partial charge in [0.25, 0.3) is 0 Å². The van der Waals surface area contributed by atoms with Gasteiger partial charge in [-0.2, -0.15) is 0 Å². The zero-order valence-corrected chi connectivity index (χ0v) is 15.8. The number of hydrogen-bond acceptors (Lipinski definition) is 7. The first kappa shape index (κ1) is 18.8. The Bertz CT molecular complexity index is 706. The summed E-state index contributed by atoms with van der Waals surface area (Å²) < 4.78 is 1.61. The van der Waals surface area contributed by atoms with E-state index in [0.717, 1.165) is 26.4 Å². The second kappa shape index (κ2) is 9.65. The number of amides is 2. The van der Waals surface area contributed by atoms with E-state index in [0.29, 0.717) is 0 Å². The highest BCUT2D eigenvalue weighted by Crippen LogP contribution is 2.26. The molecule has 2 aromatic rings. The lowest BCUT2D eigenvalue weighted by atomic mass is 10.1. The van der Waals surface area contributed by atoms with E-state index in [1.54, 1.807) is 0 Å². The predicted molar refractivity (Wildman–Crippen MR) is 99.9 cm³/mol. The third-order valence-corrected chi connectivity index (χ3v) is 6.04. The van der Waals surface area contributed by atoms with Gasteiger partial charge in [-0.3, -0.25) is 9.59 Å². The van der Waals surface area contributed by atoms with Gasteiger partial charge in [-0.25, -0.2) is 0 Å². The van der Waals surface area contributed by atoms with Crippen LogP contribution in [-0.4, -0.2) is 40.6 Å². The largest absolute Gasteiger partial charge is 0.346 e. The van der Waals surface area contributed by atoms with Gasteiger partial charge in [0.1, 0.15) is 0 Å². The van der Waals surface area contributed by atoms with Crippen molar-refractivity contribution in [3.63, 3.8) is 0 Å². The van der Waals surface area contributed by atoms with Crippen molar-refractivity contribution in [3.8, 4) is 0 Å². The van der Waals surface area contributed by atoms with Crippen molar-refractivity contribution < 1.29 is 9.59 Å². The van der Waals surface area contributed by atoms with Gasteiger partial charge in [-0.1, -0.05) is 60.0 Å². The van der Waals surface area contributed by atoms with Crippen molar-refractivity contribution in [3.05, 3.63) is 29.8 Å². The Morgan fingerprint density at radius 1 is 1.17 bits per heavy atom. The van der Waals surface area contributed by atoms with Gasteiger partial charge in [0.05, 0.1) is 12.3 Å². The molecular formula is C15H18N4O2S3. The lowest BCUT2D eigenvalue weighted by Crippen LogP contribution is -2.34. The van der Waals surface area contributed by atoms with Gasteiger partial charge in [0, 0.05) is 5.69 Å². The fourth-order valence-electron chi connectivity index (χ4n) is 1.84. The van der Waals surface area contributed by atoms with E-state index >= 15 is 0 Å². The fraction of sp³-hybridized carbons (Fsp3) is 0.333. The number of carbonyl (C=O) groups is 2. The summed E-state index contributed by atoms with van der Waals surface area (Å²) in [4.78, 5) is 23.8. The van der Waals surface area contributed by atoms with Gasteiger partial charge in [0.15, 0.2) is 8.68 Å². The Balaban J connectivity index is 1.73. The van der Waals surface area contributed by atoms with Crippen LogP contribution in [0.1, 0.15) is 12.5 Å². The van der Waals surface area contributed by atoms with E-state index in [1.165, 1.54) is 34.9 Å². The van der Waals surface area contributed by atoms with E-state index in [4.69, 9.17) is 0 Å². The van der Waals surface area contributed by atoms with Crippen LogP contribution in [0.5, 0.6) is 0 Å². The number of benzene rings is 1. The first-order valence-electron chi connectivity index (χ1n) is 7.27. The van der Waals surface area contributed by atoms with Crippen molar-refractivity contribution in [2.75, 3.05) is 23.9 Å². The molecule has 1 heterocycles. The van der Waals surface area contributed by atoms with Gasteiger partial charge in [-0.05, 0) is 24.3 Å². The molecule has 0 aliphatic carbocycles. The minimum atomic E-state index is -0.241. The van der Waals surface area contributed by atoms with Gasteiger partial charge < -0.3 is 10.6 Å². The minimum absolute atomic E-state index is 0.0520. The van der Waals surface area contributed by atoms with Crippen LogP contribution in [0.15, 0.2) is 32.9 Å².